The minimum atomic E-state index is -0.124. The Morgan fingerprint density at radius 2 is 1.88 bits per heavy atom. The minimum absolute atomic E-state index is 0.0719. The Kier molecular flexibility index (Phi) is 6.75. The molecule has 0 radical (unpaired) electrons. The summed E-state index contributed by atoms with van der Waals surface area (Å²) in [4.78, 5) is 24.8. The molecular formula is C17H16N4O2S3. The normalized spacial score (nSPS) is 10.5. The summed E-state index contributed by atoms with van der Waals surface area (Å²) < 4.78 is 0.645. The molecule has 26 heavy (non-hydrogen) atoms. The Bertz CT molecular complexity index is 850. The van der Waals surface area contributed by atoms with Gasteiger partial charge in [0.05, 0.1) is 12.2 Å². The van der Waals surface area contributed by atoms with Crippen LogP contribution in [0.2, 0.25) is 0 Å². The van der Waals surface area contributed by atoms with Crippen LogP contribution >= 0.6 is 34.4 Å². The van der Waals surface area contributed by atoms with Crippen molar-refractivity contribution in [3.05, 3.63) is 58.3 Å². The highest BCUT2D eigenvalue weighted by Gasteiger charge is 2.11. The number of carbonyl (C=O) groups is 2. The summed E-state index contributed by atoms with van der Waals surface area (Å²) in [5.41, 5.74) is 1.05. The lowest BCUT2D eigenvalue weighted by molar-refractivity contribution is -0.118. The lowest BCUT2D eigenvalue weighted by atomic mass is 10.2. The maximum atomic E-state index is 11.9. The fourth-order valence-corrected chi connectivity index (χ4v) is 4.33. The third-order valence-electron chi connectivity index (χ3n) is 3.23. The highest BCUT2D eigenvalue weighted by molar-refractivity contribution is 8.01. The van der Waals surface area contributed by atoms with Gasteiger partial charge in [0.1, 0.15) is 0 Å². The lowest BCUT2D eigenvalue weighted by Gasteiger charge is -2.03. The third-order valence-corrected chi connectivity index (χ3v) is 6.08. The zero-order valence-electron chi connectivity index (χ0n) is 13.7. The topological polar surface area (TPSA) is 84.0 Å². The van der Waals surface area contributed by atoms with Crippen molar-refractivity contribution in [3.8, 4) is 0 Å². The molecule has 0 saturated heterocycles. The van der Waals surface area contributed by atoms with Crippen LogP contribution < -0.4 is 10.6 Å². The summed E-state index contributed by atoms with van der Waals surface area (Å²) in [6.07, 6.45) is 0.321. The second-order valence-corrected chi connectivity index (χ2v) is 8.46. The summed E-state index contributed by atoms with van der Waals surface area (Å²) in [6.45, 7) is 0.500. The van der Waals surface area contributed by atoms with E-state index < -0.39 is 0 Å². The first-order valence-corrected chi connectivity index (χ1v) is 10.5. The van der Waals surface area contributed by atoms with E-state index in [4.69, 9.17) is 0 Å². The van der Waals surface area contributed by atoms with Crippen molar-refractivity contribution < 1.29 is 9.59 Å². The monoisotopic (exact) mass is 404 g/mol. The molecule has 0 unspecified atom stereocenters. The SMILES string of the molecule is O=C(CSc1nnc(NC(=O)Cc2cccs2)s1)NCc1ccccc1. The number of amides is 2. The van der Waals surface area contributed by atoms with Gasteiger partial charge < -0.3 is 10.6 Å². The molecule has 3 rings (SSSR count). The molecule has 0 atom stereocenters. The number of hydrogen-bond acceptors (Lipinski definition) is 7. The van der Waals surface area contributed by atoms with Gasteiger partial charge in [-0.25, -0.2) is 0 Å². The molecule has 2 heterocycles. The van der Waals surface area contributed by atoms with E-state index in [2.05, 4.69) is 20.8 Å². The van der Waals surface area contributed by atoms with E-state index in [1.54, 1.807) is 0 Å². The van der Waals surface area contributed by atoms with Crippen LogP contribution in [-0.4, -0.2) is 27.8 Å². The van der Waals surface area contributed by atoms with Crippen molar-refractivity contribution in [2.75, 3.05) is 11.1 Å². The number of nitrogens with zero attached hydrogens (tertiary/aromatic N) is 2. The first-order valence-electron chi connectivity index (χ1n) is 7.78. The zero-order chi connectivity index (χ0) is 18.2. The van der Waals surface area contributed by atoms with Gasteiger partial charge in [-0.3, -0.25) is 9.59 Å². The molecule has 0 aliphatic rings. The van der Waals surface area contributed by atoms with Gasteiger partial charge in [0.15, 0.2) is 4.34 Å². The molecule has 0 bridgehead atoms. The minimum Gasteiger partial charge on any atom is -0.351 e. The van der Waals surface area contributed by atoms with E-state index in [1.807, 2.05) is 47.8 Å². The quantitative estimate of drug-likeness (QED) is 0.445. The summed E-state index contributed by atoms with van der Waals surface area (Å²) in [5, 5.41) is 15.9. The van der Waals surface area contributed by atoms with E-state index in [0.29, 0.717) is 22.4 Å². The first kappa shape index (κ1) is 18.6. The van der Waals surface area contributed by atoms with Crippen LogP contribution in [0.1, 0.15) is 10.4 Å². The largest absolute Gasteiger partial charge is 0.351 e. The molecule has 2 amide bonds. The van der Waals surface area contributed by atoms with Crippen LogP contribution in [0, 0.1) is 0 Å². The van der Waals surface area contributed by atoms with Gasteiger partial charge in [0.2, 0.25) is 16.9 Å². The van der Waals surface area contributed by atoms with Crippen LogP contribution in [0.5, 0.6) is 0 Å². The average molecular weight is 405 g/mol. The van der Waals surface area contributed by atoms with E-state index in [0.717, 1.165) is 10.4 Å². The van der Waals surface area contributed by atoms with E-state index >= 15 is 0 Å². The maximum absolute atomic E-state index is 11.9. The molecule has 0 spiro atoms. The van der Waals surface area contributed by atoms with E-state index in [-0.39, 0.29) is 17.6 Å². The van der Waals surface area contributed by atoms with Gasteiger partial charge in [0.25, 0.3) is 0 Å². The van der Waals surface area contributed by atoms with Gasteiger partial charge in [-0.15, -0.1) is 21.5 Å². The predicted octanol–water partition coefficient (Wildman–Crippen LogP) is 3.19. The molecule has 0 fully saturated rings. The molecule has 0 saturated carbocycles. The van der Waals surface area contributed by atoms with Crippen molar-refractivity contribution in [3.63, 3.8) is 0 Å². The number of thiophene rings is 1. The number of carbonyl (C=O) groups excluding carboxylic acids is 2. The molecule has 2 aromatic heterocycles. The van der Waals surface area contributed by atoms with Crippen molar-refractivity contribution in [1.82, 2.24) is 15.5 Å². The maximum Gasteiger partial charge on any atom is 0.231 e. The molecule has 3 aromatic rings. The number of nitrogens with one attached hydrogen (secondary N) is 2. The van der Waals surface area contributed by atoms with Gasteiger partial charge in [-0.05, 0) is 17.0 Å². The summed E-state index contributed by atoms with van der Waals surface area (Å²) in [6, 6.07) is 13.6. The van der Waals surface area contributed by atoms with Crippen LogP contribution in [0.25, 0.3) is 0 Å². The Hall–Kier alpha value is -2.23. The molecule has 134 valence electrons. The van der Waals surface area contributed by atoms with Gasteiger partial charge in [-0.2, -0.15) is 0 Å². The second-order valence-electron chi connectivity index (χ2n) is 5.23. The molecular weight excluding hydrogens is 388 g/mol. The number of thioether (sulfide) groups is 1. The van der Waals surface area contributed by atoms with Crippen LogP contribution in [0.15, 0.2) is 52.2 Å². The molecule has 9 heteroatoms. The number of aromatic nitrogens is 2. The van der Waals surface area contributed by atoms with Crippen LogP contribution in [-0.2, 0) is 22.6 Å². The molecule has 0 aliphatic carbocycles. The van der Waals surface area contributed by atoms with Gasteiger partial charge >= 0.3 is 0 Å². The first-order chi connectivity index (χ1) is 12.7. The fourth-order valence-electron chi connectivity index (χ4n) is 2.03. The van der Waals surface area contributed by atoms with Gasteiger partial charge in [-0.1, -0.05) is 59.5 Å². The number of rotatable bonds is 8. The molecule has 0 aliphatic heterocycles. The van der Waals surface area contributed by atoms with Crippen LogP contribution in [0.3, 0.4) is 0 Å². The summed E-state index contributed by atoms with van der Waals surface area (Å²) in [7, 11) is 0. The second kappa shape index (κ2) is 9.46. The Labute approximate surface area is 163 Å². The van der Waals surface area contributed by atoms with Gasteiger partial charge in [0, 0.05) is 11.4 Å². The Morgan fingerprint density at radius 1 is 1.04 bits per heavy atom. The Morgan fingerprint density at radius 3 is 2.65 bits per heavy atom. The number of hydrogen-bond donors (Lipinski definition) is 2. The van der Waals surface area contributed by atoms with Crippen molar-refractivity contribution in [2.24, 2.45) is 0 Å². The Balaban J connectivity index is 1.40. The smallest absolute Gasteiger partial charge is 0.231 e. The van der Waals surface area contributed by atoms with Crippen LogP contribution in [0.4, 0.5) is 5.13 Å². The van der Waals surface area contributed by atoms with E-state index in [9.17, 15) is 9.59 Å². The third kappa shape index (κ3) is 5.94. The number of benzene rings is 1. The van der Waals surface area contributed by atoms with Crippen molar-refractivity contribution in [1.29, 1.82) is 0 Å². The number of anilines is 1. The van der Waals surface area contributed by atoms with Crippen molar-refractivity contribution in [2.45, 2.75) is 17.3 Å². The zero-order valence-corrected chi connectivity index (χ0v) is 16.1. The highest BCUT2D eigenvalue weighted by Crippen LogP contribution is 2.25. The highest BCUT2D eigenvalue weighted by atomic mass is 32.2. The molecule has 1 aromatic carbocycles. The predicted molar refractivity (Wildman–Crippen MR) is 106 cm³/mol. The van der Waals surface area contributed by atoms with Crippen molar-refractivity contribution >= 4 is 51.4 Å². The summed E-state index contributed by atoms with van der Waals surface area (Å²) >= 11 is 4.10. The lowest BCUT2D eigenvalue weighted by Crippen LogP contribution is -2.24. The molecule has 2 N–H and O–H groups in total. The fraction of sp³-hybridized carbons (Fsp3) is 0.176. The van der Waals surface area contributed by atoms with E-state index in [1.165, 1.54) is 34.4 Å². The summed E-state index contributed by atoms with van der Waals surface area (Å²) in [5.74, 6) is 0.0584. The average Bonchev–Trinajstić information content (AvgIpc) is 3.31. The molecule has 6 nitrogen and oxygen atoms in total. The standard InChI is InChI=1S/C17H16N4O2S3/c22-14(9-13-7-4-8-24-13)19-16-20-21-17(26-16)25-11-15(23)18-10-12-5-2-1-3-6-12/h1-8H,9-11H2,(H,18,23)(H,19,20,22).